The van der Waals surface area contributed by atoms with Crippen LogP contribution in [0.15, 0.2) is 10.5 Å². The summed E-state index contributed by atoms with van der Waals surface area (Å²) in [6.45, 7) is 4.46. The number of unbranched alkanes of at least 4 members (excludes halogenated alkanes) is 11. The second-order valence-electron chi connectivity index (χ2n) is 12.4. The van der Waals surface area contributed by atoms with Crippen LogP contribution in [0.5, 0.6) is 5.95 Å². The number of hydrogen-bond acceptors (Lipinski definition) is 5. The third-order valence-electron chi connectivity index (χ3n) is 9.04. The zero-order chi connectivity index (χ0) is 29.3. The van der Waals surface area contributed by atoms with Crippen molar-refractivity contribution in [3.63, 3.8) is 0 Å². The fourth-order valence-electron chi connectivity index (χ4n) is 6.63. The van der Waals surface area contributed by atoms with Gasteiger partial charge in [0.25, 0.3) is 5.95 Å². The predicted molar refractivity (Wildman–Crippen MR) is 163 cm³/mol. The van der Waals surface area contributed by atoms with Gasteiger partial charge in [-0.05, 0) is 39.0 Å². The molecule has 1 heterocycles. The normalized spacial score (nSPS) is 17.3. The minimum atomic E-state index is -1.18. The molecule has 0 saturated heterocycles. The van der Waals surface area contributed by atoms with Crippen LogP contribution in [-0.2, 0) is 4.74 Å². The van der Waals surface area contributed by atoms with Gasteiger partial charge in [-0.15, -0.1) is 0 Å². The summed E-state index contributed by atoms with van der Waals surface area (Å²) in [7, 11) is 0. The highest BCUT2D eigenvalue weighted by molar-refractivity contribution is 5.86. The van der Waals surface area contributed by atoms with Gasteiger partial charge >= 0.3 is 12.1 Å². The van der Waals surface area contributed by atoms with Crippen molar-refractivity contribution >= 4 is 12.1 Å². The Morgan fingerprint density at radius 2 is 1.32 bits per heavy atom. The van der Waals surface area contributed by atoms with Crippen molar-refractivity contribution in [3.8, 4) is 5.95 Å². The number of carbonyl (C=O) groups excluding carboxylic acids is 1. The lowest BCUT2D eigenvalue weighted by atomic mass is 9.89. The Morgan fingerprint density at radius 3 is 1.80 bits per heavy atom. The highest BCUT2D eigenvalue weighted by Crippen LogP contribution is 2.34. The molecule has 3 rings (SSSR count). The molecule has 2 saturated carbocycles. The van der Waals surface area contributed by atoms with Crippen LogP contribution in [0.2, 0.25) is 0 Å². The van der Waals surface area contributed by atoms with Crippen molar-refractivity contribution in [2.24, 2.45) is 0 Å². The fourth-order valence-corrected chi connectivity index (χ4v) is 6.63. The van der Waals surface area contributed by atoms with E-state index in [1.54, 1.807) is 13.0 Å². The van der Waals surface area contributed by atoms with E-state index >= 15 is 0 Å². The Labute approximate surface area is 248 Å². The molecule has 1 aromatic rings. The molecule has 7 nitrogen and oxygen atoms in total. The first-order valence-corrected chi connectivity index (χ1v) is 17.0. The number of carbonyl (C=O) groups is 2. The summed E-state index contributed by atoms with van der Waals surface area (Å²) in [6.07, 6.45) is 25.2. The lowest BCUT2D eigenvalue weighted by Crippen LogP contribution is -2.49. The van der Waals surface area contributed by atoms with E-state index in [2.05, 4.69) is 6.92 Å². The van der Waals surface area contributed by atoms with E-state index in [4.69, 9.17) is 13.9 Å². The molecule has 0 spiro atoms. The Bertz CT molecular complexity index is 853. The molecule has 1 amide bonds. The molecule has 2 fully saturated rings. The topological polar surface area (TPSA) is 89.2 Å². The molecule has 234 valence electrons. The molecule has 0 radical (unpaired) electrons. The largest absolute Gasteiger partial charge is 0.475 e. The Hall–Kier alpha value is -2.18. The summed E-state index contributed by atoms with van der Waals surface area (Å²) < 4.78 is 17.3. The number of aromatic carboxylic acids is 1. The molecular weight excluding hydrogens is 518 g/mol. The SMILES string of the molecule is CCCCCCCCCCCCCCOc1cc(C(C)OC(=O)N(C2CCCCC2)C2CCCCC2)c(C(=O)O)o1. The predicted octanol–water partition coefficient (Wildman–Crippen LogP) is 10.2. The van der Waals surface area contributed by atoms with Gasteiger partial charge < -0.3 is 23.9 Å². The summed E-state index contributed by atoms with van der Waals surface area (Å²) in [5, 5.41) is 9.76. The van der Waals surface area contributed by atoms with E-state index in [1.807, 2.05) is 4.90 Å². The quantitative estimate of drug-likeness (QED) is 0.165. The lowest BCUT2D eigenvalue weighted by molar-refractivity contribution is 0.0243. The maximum absolute atomic E-state index is 13.5. The second-order valence-corrected chi connectivity index (χ2v) is 12.4. The molecule has 41 heavy (non-hydrogen) atoms. The van der Waals surface area contributed by atoms with Gasteiger partial charge in [0.05, 0.1) is 6.61 Å². The van der Waals surface area contributed by atoms with Gasteiger partial charge in [-0.25, -0.2) is 9.59 Å². The lowest BCUT2D eigenvalue weighted by Gasteiger charge is -2.41. The number of carboxylic acids is 1. The molecule has 2 aliphatic carbocycles. The molecule has 1 aromatic heterocycles. The number of hydrogen-bond donors (Lipinski definition) is 1. The maximum Gasteiger partial charge on any atom is 0.410 e. The first-order chi connectivity index (χ1) is 20.0. The van der Waals surface area contributed by atoms with Crippen LogP contribution in [0.3, 0.4) is 0 Å². The fraction of sp³-hybridized carbons (Fsp3) is 0.824. The van der Waals surface area contributed by atoms with E-state index in [9.17, 15) is 14.7 Å². The number of rotatable bonds is 19. The summed E-state index contributed by atoms with van der Waals surface area (Å²) >= 11 is 0. The van der Waals surface area contributed by atoms with Gasteiger partial charge in [0.1, 0.15) is 6.10 Å². The zero-order valence-corrected chi connectivity index (χ0v) is 26.0. The van der Waals surface area contributed by atoms with Gasteiger partial charge in [-0.3, -0.25) is 0 Å². The molecular formula is C34H57NO6. The van der Waals surface area contributed by atoms with Crippen LogP contribution < -0.4 is 4.74 Å². The van der Waals surface area contributed by atoms with Gasteiger partial charge in [0, 0.05) is 23.7 Å². The van der Waals surface area contributed by atoms with Crippen LogP contribution in [-0.4, -0.2) is 40.8 Å². The van der Waals surface area contributed by atoms with Crippen molar-refractivity contribution in [1.29, 1.82) is 0 Å². The van der Waals surface area contributed by atoms with E-state index in [1.165, 1.54) is 77.0 Å². The molecule has 1 N–H and O–H groups in total. The summed E-state index contributed by atoms with van der Waals surface area (Å²) in [6, 6.07) is 2.02. The first-order valence-electron chi connectivity index (χ1n) is 17.0. The van der Waals surface area contributed by atoms with E-state index < -0.39 is 12.1 Å². The van der Waals surface area contributed by atoms with Crippen molar-refractivity contribution in [1.82, 2.24) is 4.90 Å². The summed E-state index contributed by atoms with van der Waals surface area (Å²) in [5.74, 6) is -1.21. The van der Waals surface area contributed by atoms with Crippen molar-refractivity contribution < 1.29 is 28.6 Å². The van der Waals surface area contributed by atoms with E-state index in [0.29, 0.717) is 12.2 Å². The van der Waals surface area contributed by atoms with E-state index in [-0.39, 0.29) is 29.9 Å². The standard InChI is InChI=1S/C34H57NO6/c1-3-4-5-6-7-8-9-10-11-12-13-20-25-39-31-26-30(32(41-31)33(36)37)27(2)40-34(38)35(28-21-16-14-17-22-28)29-23-18-15-19-24-29/h26-29H,3-25H2,1-2H3,(H,36,37). The summed E-state index contributed by atoms with van der Waals surface area (Å²) in [5.41, 5.74) is 0.350. The molecule has 0 aliphatic heterocycles. The highest BCUT2D eigenvalue weighted by atomic mass is 16.6. The minimum Gasteiger partial charge on any atom is -0.475 e. The average molecular weight is 576 g/mol. The van der Waals surface area contributed by atoms with Crippen LogP contribution in [0.1, 0.15) is 177 Å². The third kappa shape index (κ3) is 11.5. The number of nitrogens with zero attached hydrogens (tertiary/aromatic N) is 1. The number of carboxylic acid groups (broad SMARTS) is 1. The maximum atomic E-state index is 13.5. The van der Waals surface area contributed by atoms with Gasteiger partial charge in [-0.2, -0.15) is 0 Å². The van der Waals surface area contributed by atoms with Gasteiger partial charge in [0.15, 0.2) is 0 Å². The monoisotopic (exact) mass is 575 g/mol. The molecule has 7 heteroatoms. The second kappa shape index (κ2) is 19.1. The smallest absolute Gasteiger partial charge is 0.410 e. The van der Waals surface area contributed by atoms with Gasteiger partial charge in [-0.1, -0.05) is 116 Å². The molecule has 1 unspecified atom stereocenters. The molecule has 0 bridgehead atoms. The van der Waals surface area contributed by atoms with Crippen LogP contribution in [0, 0.1) is 0 Å². The molecule has 2 aliphatic rings. The highest BCUT2D eigenvalue weighted by Gasteiger charge is 2.35. The Balaban J connectivity index is 1.43. The van der Waals surface area contributed by atoms with Gasteiger partial charge in [0.2, 0.25) is 5.76 Å². The van der Waals surface area contributed by atoms with Crippen molar-refractivity contribution in [2.75, 3.05) is 6.61 Å². The first kappa shape index (κ1) is 33.3. The van der Waals surface area contributed by atoms with Crippen LogP contribution >= 0.6 is 0 Å². The summed E-state index contributed by atoms with van der Waals surface area (Å²) in [4.78, 5) is 27.5. The zero-order valence-electron chi connectivity index (χ0n) is 26.0. The van der Waals surface area contributed by atoms with Crippen LogP contribution in [0.4, 0.5) is 4.79 Å². The van der Waals surface area contributed by atoms with Crippen LogP contribution in [0.25, 0.3) is 0 Å². The Morgan fingerprint density at radius 1 is 0.829 bits per heavy atom. The average Bonchev–Trinajstić information content (AvgIpc) is 3.42. The number of ether oxygens (including phenoxy) is 2. The molecule has 0 aromatic carbocycles. The Kier molecular flexibility index (Phi) is 15.5. The van der Waals surface area contributed by atoms with E-state index in [0.717, 1.165) is 64.2 Å². The minimum absolute atomic E-state index is 0.180. The third-order valence-corrected chi connectivity index (χ3v) is 9.04. The van der Waals surface area contributed by atoms with Crippen molar-refractivity contribution in [3.05, 3.63) is 17.4 Å². The molecule has 1 atom stereocenters. The number of furan rings is 1. The van der Waals surface area contributed by atoms with Crippen molar-refractivity contribution in [2.45, 2.75) is 173 Å². The number of amides is 1.